The van der Waals surface area contributed by atoms with E-state index in [1.807, 2.05) is 33.9 Å². The zero-order valence-corrected chi connectivity index (χ0v) is 15.3. The number of hydrogen-bond donors (Lipinski definition) is 0. The fourth-order valence-corrected chi connectivity index (χ4v) is 4.87. The Kier molecular flexibility index (Phi) is 3.49. The van der Waals surface area contributed by atoms with E-state index in [2.05, 4.69) is 18.8 Å². The molecule has 0 N–H and O–H groups in total. The average molecular weight is 343 g/mol. The number of ether oxygens (including phenoxy) is 5. The van der Waals surface area contributed by atoms with Crippen molar-refractivity contribution in [1.82, 2.24) is 0 Å². The van der Waals surface area contributed by atoms with Gasteiger partial charge in [0.05, 0.1) is 0 Å². The van der Waals surface area contributed by atoms with Gasteiger partial charge in [-0.05, 0) is 41.5 Å². The Bertz CT molecular complexity index is 535. The van der Waals surface area contributed by atoms with Gasteiger partial charge in [0, 0.05) is 11.0 Å². The smallest absolute Gasteiger partial charge is 0.190 e. The van der Waals surface area contributed by atoms with Crippen molar-refractivity contribution in [1.29, 1.82) is 0 Å². The van der Waals surface area contributed by atoms with E-state index in [-0.39, 0.29) is 34.5 Å². The van der Waals surface area contributed by atoms with Crippen molar-refractivity contribution in [3.63, 3.8) is 0 Å². The van der Waals surface area contributed by atoms with Gasteiger partial charge >= 0.3 is 0 Å². The summed E-state index contributed by atoms with van der Waals surface area (Å²) in [4.78, 5) is 4.65. The standard InChI is InChI=1S/C16H25NO5S/c1-14(2)7-17-12(23-14)10-8-9(20-15(3,4)19-8)11-13(18-10)22-16(5,6)21-11/h7-13H,1-6H3/t8-,9+,10+,11-,12+,13-/m1/s1. The molecule has 4 rings (SSSR count). The van der Waals surface area contributed by atoms with Gasteiger partial charge in [-0.3, -0.25) is 4.99 Å². The molecule has 0 bridgehead atoms. The molecule has 0 aromatic rings. The maximum absolute atomic E-state index is 6.24. The molecule has 6 nitrogen and oxygen atoms in total. The minimum Gasteiger partial charge on any atom is -0.342 e. The SMILES string of the molecule is CC1(C)O[C@@H]2[C@H](O1)[C@H]1OC(C)(C)O[C@H]1O[C@@H]2[C@H]1N=CC(C)(C)S1. The molecule has 7 heteroatoms. The summed E-state index contributed by atoms with van der Waals surface area (Å²) in [7, 11) is 0. The lowest BCUT2D eigenvalue weighted by Crippen LogP contribution is -2.57. The molecule has 23 heavy (non-hydrogen) atoms. The van der Waals surface area contributed by atoms with Crippen LogP contribution in [-0.2, 0) is 23.7 Å². The minimum atomic E-state index is -0.684. The second-order valence-corrected chi connectivity index (χ2v) is 9.79. The Morgan fingerprint density at radius 2 is 1.35 bits per heavy atom. The second kappa shape index (κ2) is 4.93. The number of fused-ring (bicyclic) bond motifs is 3. The first-order valence-corrected chi connectivity index (χ1v) is 9.02. The average Bonchev–Trinajstić information content (AvgIpc) is 2.99. The quantitative estimate of drug-likeness (QED) is 0.728. The Labute approximate surface area is 141 Å². The predicted octanol–water partition coefficient (Wildman–Crippen LogP) is 2.31. The van der Waals surface area contributed by atoms with E-state index in [0.717, 1.165) is 0 Å². The highest BCUT2D eigenvalue weighted by Gasteiger charge is 2.62. The Balaban J connectivity index is 1.62. The molecular formula is C16H25NO5S. The first-order valence-electron chi connectivity index (χ1n) is 8.14. The summed E-state index contributed by atoms with van der Waals surface area (Å²) >= 11 is 1.78. The molecular weight excluding hydrogens is 318 g/mol. The van der Waals surface area contributed by atoms with Gasteiger partial charge in [-0.15, -0.1) is 11.8 Å². The maximum Gasteiger partial charge on any atom is 0.190 e. The van der Waals surface area contributed by atoms with Crippen molar-refractivity contribution >= 4 is 18.0 Å². The lowest BCUT2D eigenvalue weighted by Gasteiger charge is -2.39. The number of thioether (sulfide) groups is 1. The van der Waals surface area contributed by atoms with Crippen LogP contribution in [0.5, 0.6) is 0 Å². The number of aliphatic imine (C=N–C) groups is 1. The summed E-state index contributed by atoms with van der Waals surface area (Å²) in [5.74, 6) is -1.35. The fourth-order valence-electron chi connectivity index (χ4n) is 3.65. The minimum absolute atomic E-state index is 0.00164. The highest BCUT2D eigenvalue weighted by Crippen LogP contribution is 2.48. The van der Waals surface area contributed by atoms with Crippen molar-refractivity contribution in [3.8, 4) is 0 Å². The molecule has 4 heterocycles. The van der Waals surface area contributed by atoms with Gasteiger partial charge in [0.1, 0.15) is 29.8 Å². The lowest BCUT2D eigenvalue weighted by atomic mass is 9.99. The summed E-state index contributed by atoms with van der Waals surface area (Å²) in [6, 6.07) is 0. The van der Waals surface area contributed by atoms with Crippen LogP contribution >= 0.6 is 11.8 Å². The van der Waals surface area contributed by atoms with Crippen LogP contribution in [0.3, 0.4) is 0 Å². The topological polar surface area (TPSA) is 58.5 Å². The Morgan fingerprint density at radius 1 is 0.783 bits per heavy atom. The highest BCUT2D eigenvalue weighted by molar-refractivity contribution is 8.02. The van der Waals surface area contributed by atoms with Crippen molar-refractivity contribution in [2.45, 2.75) is 93.9 Å². The first kappa shape index (κ1) is 16.3. The monoisotopic (exact) mass is 343 g/mol. The highest BCUT2D eigenvalue weighted by atomic mass is 32.2. The molecule has 0 unspecified atom stereocenters. The Morgan fingerprint density at radius 3 is 1.96 bits per heavy atom. The van der Waals surface area contributed by atoms with Crippen LogP contribution in [0, 0.1) is 0 Å². The van der Waals surface area contributed by atoms with Crippen LogP contribution in [0.15, 0.2) is 4.99 Å². The predicted molar refractivity (Wildman–Crippen MR) is 86.5 cm³/mol. The third-order valence-electron chi connectivity index (χ3n) is 4.43. The zero-order valence-electron chi connectivity index (χ0n) is 14.4. The van der Waals surface area contributed by atoms with Crippen LogP contribution in [0.25, 0.3) is 0 Å². The summed E-state index contributed by atoms with van der Waals surface area (Å²) in [6.45, 7) is 11.9. The molecule has 0 aromatic heterocycles. The number of hydrogen-bond acceptors (Lipinski definition) is 7. The summed E-state index contributed by atoms with van der Waals surface area (Å²) < 4.78 is 30.5. The normalized spacial score (nSPS) is 49.1. The largest absolute Gasteiger partial charge is 0.342 e. The van der Waals surface area contributed by atoms with Crippen molar-refractivity contribution in [2.24, 2.45) is 4.99 Å². The van der Waals surface area contributed by atoms with Gasteiger partial charge in [-0.1, -0.05) is 0 Å². The molecule has 0 spiro atoms. The molecule has 0 radical (unpaired) electrons. The number of rotatable bonds is 1. The van der Waals surface area contributed by atoms with E-state index >= 15 is 0 Å². The first-order chi connectivity index (χ1) is 10.6. The molecule has 4 aliphatic heterocycles. The molecule has 6 atom stereocenters. The van der Waals surface area contributed by atoms with Crippen LogP contribution in [-0.4, -0.2) is 58.6 Å². The van der Waals surface area contributed by atoms with Crippen molar-refractivity contribution < 1.29 is 23.7 Å². The molecule has 0 saturated carbocycles. The van der Waals surface area contributed by atoms with Crippen molar-refractivity contribution in [2.75, 3.05) is 0 Å². The van der Waals surface area contributed by atoms with Gasteiger partial charge in [-0.25, -0.2) is 0 Å². The van der Waals surface area contributed by atoms with E-state index in [4.69, 9.17) is 23.7 Å². The van der Waals surface area contributed by atoms with Gasteiger partial charge in [0.25, 0.3) is 0 Å². The lowest BCUT2D eigenvalue weighted by molar-refractivity contribution is -0.233. The summed E-state index contributed by atoms with van der Waals surface area (Å²) in [5.41, 5.74) is 0. The van der Waals surface area contributed by atoms with E-state index in [0.29, 0.717) is 0 Å². The molecule has 0 amide bonds. The van der Waals surface area contributed by atoms with Gasteiger partial charge < -0.3 is 23.7 Å². The van der Waals surface area contributed by atoms with Gasteiger partial charge in [0.2, 0.25) is 0 Å². The molecule has 4 aliphatic rings. The molecule has 0 aliphatic carbocycles. The van der Waals surface area contributed by atoms with E-state index in [9.17, 15) is 0 Å². The third kappa shape index (κ3) is 2.85. The van der Waals surface area contributed by atoms with Crippen LogP contribution < -0.4 is 0 Å². The Hall–Kier alpha value is -0.180. The van der Waals surface area contributed by atoms with Gasteiger partial charge in [0.15, 0.2) is 17.9 Å². The number of nitrogens with zero attached hydrogens (tertiary/aromatic N) is 1. The van der Waals surface area contributed by atoms with E-state index in [1.165, 1.54) is 0 Å². The van der Waals surface area contributed by atoms with Crippen LogP contribution in [0.4, 0.5) is 0 Å². The van der Waals surface area contributed by atoms with Crippen LogP contribution in [0.1, 0.15) is 41.5 Å². The van der Waals surface area contributed by atoms with E-state index in [1.54, 1.807) is 11.8 Å². The third-order valence-corrected chi connectivity index (χ3v) is 5.77. The van der Waals surface area contributed by atoms with Crippen molar-refractivity contribution in [3.05, 3.63) is 0 Å². The molecule has 130 valence electrons. The maximum atomic E-state index is 6.24. The zero-order chi connectivity index (χ0) is 16.6. The van der Waals surface area contributed by atoms with Crippen LogP contribution in [0.2, 0.25) is 0 Å². The van der Waals surface area contributed by atoms with Gasteiger partial charge in [-0.2, -0.15) is 0 Å². The van der Waals surface area contributed by atoms with E-state index < -0.39 is 17.9 Å². The summed E-state index contributed by atoms with van der Waals surface area (Å²) in [6.07, 6.45) is 0.611. The molecule has 0 aromatic carbocycles. The molecule has 3 saturated heterocycles. The second-order valence-electron chi connectivity index (χ2n) is 8.02. The summed E-state index contributed by atoms with van der Waals surface area (Å²) in [5, 5.41) is -0.0248. The fraction of sp³-hybridized carbons (Fsp3) is 0.938. The molecule has 3 fully saturated rings.